The second-order valence-electron chi connectivity index (χ2n) is 4.82. The fourth-order valence-corrected chi connectivity index (χ4v) is 2.09. The Labute approximate surface area is 136 Å². The third kappa shape index (κ3) is 5.03. The Balaban J connectivity index is 2.17. The molecule has 0 aliphatic rings. The van der Waals surface area contributed by atoms with E-state index in [0.717, 1.165) is 11.3 Å². The number of para-hydroxylation sites is 1. The Morgan fingerprint density at radius 1 is 1.04 bits per heavy atom. The number of rotatable bonds is 4. The number of benzene rings is 2. The first kappa shape index (κ1) is 16.4. The van der Waals surface area contributed by atoms with Crippen molar-refractivity contribution in [2.24, 2.45) is 15.8 Å². The van der Waals surface area contributed by atoms with Gasteiger partial charge in [0.2, 0.25) is 11.9 Å². The van der Waals surface area contributed by atoms with Crippen molar-refractivity contribution in [2.45, 2.75) is 6.54 Å². The molecule has 2 aromatic carbocycles. The molecule has 0 saturated carbocycles. The fraction of sp³-hybridized carbons (Fsp3) is 0.176. The van der Waals surface area contributed by atoms with Crippen molar-refractivity contribution in [3.05, 3.63) is 66.2 Å². The smallest absolute Gasteiger partial charge is 0.216 e. The highest BCUT2D eigenvalue weighted by Gasteiger charge is 2.10. The molecule has 0 radical (unpaired) electrons. The lowest BCUT2D eigenvalue weighted by molar-refractivity contribution is 0.423. The molecule has 0 heterocycles. The molecule has 0 saturated heterocycles. The van der Waals surface area contributed by atoms with E-state index in [4.69, 9.17) is 5.73 Å². The summed E-state index contributed by atoms with van der Waals surface area (Å²) < 4.78 is 0. The van der Waals surface area contributed by atoms with Gasteiger partial charge < -0.3 is 16.4 Å². The Hall–Kier alpha value is -3.02. The van der Waals surface area contributed by atoms with E-state index >= 15 is 0 Å². The van der Waals surface area contributed by atoms with E-state index in [0.29, 0.717) is 18.5 Å². The van der Waals surface area contributed by atoms with Crippen LogP contribution in [0.1, 0.15) is 5.56 Å². The quantitative estimate of drug-likeness (QED) is 0.459. The molecule has 4 N–H and O–H groups in total. The Morgan fingerprint density at radius 3 is 2.22 bits per heavy atom. The average molecular weight is 310 g/mol. The summed E-state index contributed by atoms with van der Waals surface area (Å²) in [7, 11) is 3.51. The number of hydrogen-bond acceptors (Lipinski definition) is 2. The van der Waals surface area contributed by atoms with Gasteiger partial charge in [-0.3, -0.25) is 4.99 Å². The molecule has 2 rings (SSSR count). The van der Waals surface area contributed by atoms with Crippen LogP contribution in [0.15, 0.2) is 70.8 Å². The molecule has 0 bridgehead atoms. The minimum absolute atomic E-state index is 0.295. The van der Waals surface area contributed by atoms with E-state index in [9.17, 15) is 0 Å². The Kier molecular flexibility index (Phi) is 5.99. The van der Waals surface area contributed by atoms with Gasteiger partial charge in [-0.15, -0.1) is 5.10 Å². The summed E-state index contributed by atoms with van der Waals surface area (Å²) in [5.41, 5.74) is 8.02. The first-order chi connectivity index (χ1) is 11.2. The molecule has 0 aromatic heterocycles. The predicted molar refractivity (Wildman–Crippen MR) is 96.1 cm³/mol. The van der Waals surface area contributed by atoms with E-state index in [-0.39, 0.29) is 0 Å². The van der Waals surface area contributed by atoms with Gasteiger partial charge in [-0.05, 0) is 17.7 Å². The summed E-state index contributed by atoms with van der Waals surface area (Å²) in [6, 6.07) is 19.7. The molecule has 0 amide bonds. The van der Waals surface area contributed by atoms with Crippen LogP contribution in [-0.4, -0.2) is 31.0 Å². The molecule has 120 valence electrons. The lowest BCUT2D eigenvalue weighted by Crippen LogP contribution is -2.38. The van der Waals surface area contributed by atoms with Gasteiger partial charge >= 0.3 is 0 Å². The van der Waals surface area contributed by atoms with Gasteiger partial charge in [0.05, 0.1) is 6.54 Å². The summed E-state index contributed by atoms with van der Waals surface area (Å²) in [5.74, 6) is 0.926. The van der Waals surface area contributed by atoms with Gasteiger partial charge in [-0.25, -0.2) is 5.01 Å². The van der Waals surface area contributed by atoms with E-state index in [2.05, 4.69) is 20.7 Å². The summed E-state index contributed by atoms with van der Waals surface area (Å²) in [6.07, 6.45) is 0. The number of nitrogens with two attached hydrogens (primary N) is 1. The predicted octanol–water partition coefficient (Wildman–Crippen LogP) is 2.04. The number of hydrazone groups is 1. The first-order valence-corrected chi connectivity index (χ1v) is 7.35. The normalized spacial score (nSPS) is 11.9. The van der Waals surface area contributed by atoms with Crippen molar-refractivity contribution < 1.29 is 0 Å². The molecule has 2 aromatic rings. The van der Waals surface area contributed by atoms with Crippen molar-refractivity contribution in [1.82, 2.24) is 10.3 Å². The maximum atomic E-state index is 6.02. The third-order valence-corrected chi connectivity index (χ3v) is 3.13. The monoisotopic (exact) mass is 310 g/mol. The Morgan fingerprint density at radius 2 is 1.65 bits per heavy atom. The Bertz CT molecular complexity index is 651. The molecular weight excluding hydrogens is 288 g/mol. The second kappa shape index (κ2) is 8.43. The van der Waals surface area contributed by atoms with Crippen molar-refractivity contribution in [3.63, 3.8) is 0 Å². The van der Waals surface area contributed by atoms with Crippen LogP contribution in [0.5, 0.6) is 0 Å². The molecule has 0 spiro atoms. The van der Waals surface area contributed by atoms with Crippen LogP contribution in [0.4, 0.5) is 5.69 Å². The van der Waals surface area contributed by atoms with Crippen LogP contribution in [0.25, 0.3) is 0 Å². The zero-order valence-corrected chi connectivity index (χ0v) is 13.4. The summed E-state index contributed by atoms with van der Waals surface area (Å²) in [6.45, 7) is 0.561. The molecule has 23 heavy (non-hydrogen) atoms. The highest BCUT2D eigenvalue weighted by molar-refractivity contribution is 5.93. The molecule has 0 aliphatic heterocycles. The van der Waals surface area contributed by atoms with Crippen LogP contribution in [0, 0.1) is 0 Å². The molecule has 6 nitrogen and oxygen atoms in total. The molecular formula is C17H22N6. The minimum atomic E-state index is 0.295. The first-order valence-electron chi connectivity index (χ1n) is 7.35. The standard InChI is InChI=1S/C17H22N6/c1-19-17(20-2)23(13-14-9-5-3-6-10-14)22-16(18)21-15-11-7-4-8-12-15/h3-12H,13H2,1-2H3,(H,19,20)(H3,18,21,22). The van der Waals surface area contributed by atoms with Crippen molar-refractivity contribution >= 4 is 17.6 Å². The van der Waals surface area contributed by atoms with Gasteiger partial charge in [0.15, 0.2) is 0 Å². The molecule has 6 heteroatoms. The van der Waals surface area contributed by atoms with Gasteiger partial charge in [-0.2, -0.15) is 0 Å². The summed E-state index contributed by atoms with van der Waals surface area (Å²) in [4.78, 5) is 4.20. The zero-order valence-electron chi connectivity index (χ0n) is 13.4. The second-order valence-corrected chi connectivity index (χ2v) is 4.82. The minimum Gasteiger partial charge on any atom is -0.368 e. The highest BCUT2D eigenvalue weighted by Crippen LogP contribution is 2.07. The number of nitrogens with one attached hydrogen (secondary N) is 2. The average Bonchev–Trinajstić information content (AvgIpc) is 2.57. The van der Waals surface area contributed by atoms with Crippen LogP contribution in [0.3, 0.4) is 0 Å². The number of anilines is 1. The molecule has 0 fully saturated rings. The van der Waals surface area contributed by atoms with Crippen LogP contribution >= 0.6 is 0 Å². The lowest BCUT2D eigenvalue weighted by Gasteiger charge is -2.21. The zero-order chi connectivity index (χ0) is 16.5. The van der Waals surface area contributed by atoms with Crippen LogP contribution < -0.4 is 16.4 Å². The highest BCUT2D eigenvalue weighted by atomic mass is 15.5. The van der Waals surface area contributed by atoms with E-state index in [1.54, 1.807) is 19.1 Å². The van der Waals surface area contributed by atoms with Gasteiger partial charge in [0, 0.05) is 19.8 Å². The van der Waals surface area contributed by atoms with Gasteiger partial charge in [0.1, 0.15) is 0 Å². The molecule has 0 atom stereocenters. The van der Waals surface area contributed by atoms with Crippen molar-refractivity contribution in [1.29, 1.82) is 0 Å². The maximum absolute atomic E-state index is 6.02. The van der Waals surface area contributed by atoms with E-state index in [1.807, 2.05) is 60.7 Å². The third-order valence-electron chi connectivity index (χ3n) is 3.13. The van der Waals surface area contributed by atoms with Gasteiger partial charge in [0.25, 0.3) is 0 Å². The van der Waals surface area contributed by atoms with Crippen LogP contribution in [0.2, 0.25) is 0 Å². The number of guanidine groups is 2. The lowest BCUT2D eigenvalue weighted by atomic mass is 10.2. The van der Waals surface area contributed by atoms with Gasteiger partial charge in [-0.1, -0.05) is 48.5 Å². The van der Waals surface area contributed by atoms with Crippen molar-refractivity contribution in [2.75, 3.05) is 19.4 Å². The summed E-state index contributed by atoms with van der Waals surface area (Å²) >= 11 is 0. The fourth-order valence-electron chi connectivity index (χ4n) is 2.09. The largest absolute Gasteiger partial charge is 0.368 e. The van der Waals surface area contributed by atoms with Crippen LogP contribution in [-0.2, 0) is 6.54 Å². The van der Waals surface area contributed by atoms with Crippen molar-refractivity contribution in [3.8, 4) is 0 Å². The van der Waals surface area contributed by atoms with E-state index < -0.39 is 0 Å². The number of aliphatic imine (C=N–C) groups is 1. The SMILES string of the molecule is CN=C(NC)N(Cc1ccccc1)N=C(N)Nc1ccccc1. The topological polar surface area (TPSA) is 78.0 Å². The van der Waals surface area contributed by atoms with E-state index in [1.165, 1.54) is 0 Å². The molecule has 0 aliphatic carbocycles. The maximum Gasteiger partial charge on any atom is 0.216 e. The molecule has 0 unspecified atom stereocenters. The number of nitrogens with zero attached hydrogens (tertiary/aromatic N) is 3. The number of hydrogen-bond donors (Lipinski definition) is 3. The summed E-state index contributed by atoms with van der Waals surface area (Å²) in [5, 5.41) is 12.2.